The van der Waals surface area contributed by atoms with Crippen molar-refractivity contribution in [3.05, 3.63) is 0 Å². The third-order valence-corrected chi connectivity index (χ3v) is 3.29. The summed E-state index contributed by atoms with van der Waals surface area (Å²) in [5.74, 6) is 0.371. The Bertz CT molecular complexity index is 313. The van der Waals surface area contributed by atoms with Crippen molar-refractivity contribution in [2.45, 2.75) is 51.6 Å². The summed E-state index contributed by atoms with van der Waals surface area (Å²) in [5, 5.41) is 0. The van der Waals surface area contributed by atoms with Crippen molar-refractivity contribution >= 4 is 6.09 Å². The molecule has 5 heteroatoms. The van der Waals surface area contributed by atoms with Gasteiger partial charge in [-0.3, -0.25) is 0 Å². The van der Waals surface area contributed by atoms with Crippen LogP contribution < -0.4 is 0 Å². The lowest BCUT2D eigenvalue weighted by atomic mass is 9.95. The van der Waals surface area contributed by atoms with Crippen LogP contribution in [0.25, 0.3) is 0 Å². The summed E-state index contributed by atoms with van der Waals surface area (Å²) in [7, 11) is 1.65. The van der Waals surface area contributed by atoms with Gasteiger partial charge in [-0.15, -0.1) is 0 Å². The summed E-state index contributed by atoms with van der Waals surface area (Å²) >= 11 is 0. The average molecular weight is 257 g/mol. The number of amides is 1. The molecular formula is C13H23NO4. The molecule has 18 heavy (non-hydrogen) atoms. The van der Waals surface area contributed by atoms with E-state index in [0.717, 1.165) is 19.4 Å². The topological polar surface area (TPSA) is 51.3 Å². The van der Waals surface area contributed by atoms with E-state index in [-0.39, 0.29) is 18.5 Å². The first-order chi connectivity index (χ1) is 8.40. The maximum absolute atomic E-state index is 12.0. The summed E-state index contributed by atoms with van der Waals surface area (Å²) in [6.45, 7) is 7.14. The van der Waals surface area contributed by atoms with Crippen molar-refractivity contribution in [1.29, 1.82) is 0 Å². The first-order valence-corrected chi connectivity index (χ1v) is 6.57. The number of ether oxygens (including phenoxy) is 3. The van der Waals surface area contributed by atoms with E-state index in [1.165, 1.54) is 0 Å². The fourth-order valence-electron chi connectivity index (χ4n) is 2.40. The molecule has 2 aliphatic rings. The van der Waals surface area contributed by atoms with Crippen LogP contribution in [0.1, 0.15) is 33.6 Å². The normalized spacial score (nSPS) is 32.2. The fourth-order valence-corrected chi connectivity index (χ4v) is 2.40. The number of likely N-dealkylation sites (tertiary alicyclic amines) is 1. The van der Waals surface area contributed by atoms with Gasteiger partial charge in [0.1, 0.15) is 11.7 Å². The second-order valence-corrected chi connectivity index (χ2v) is 6.03. The molecule has 0 bridgehead atoms. The molecule has 2 fully saturated rings. The highest BCUT2D eigenvalue weighted by Gasteiger charge is 2.47. The maximum Gasteiger partial charge on any atom is 0.410 e. The van der Waals surface area contributed by atoms with Crippen LogP contribution in [-0.4, -0.2) is 49.2 Å². The lowest BCUT2D eigenvalue weighted by Gasteiger charge is -2.33. The predicted octanol–water partition coefficient (Wildman–Crippen LogP) is 2.00. The standard InChI is InChI=1S/C13H23NO4/c1-13(2,3)18-12(15)14-7-5-6-9(8-14)10-11(16-4)17-10/h9-11H,5-8H2,1-4H3. The van der Waals surface area contributed by atoms with Gasteiger partial charge in [-0.25, -0.2) is 4.79 Å². The van der Waals surface area contributed by atoms with Crippen LogP contribution in [0.4, 0.5) is 4.79 Å². The van der Waals surface area contributed by atoms with Crippen molar-refractivity contribution in [2.75, 3.05) is 20.2 Å². The molecule has 5 nitrogen and oxygen atoms in total. The van der Waals surface area contributed by atoms with Gasteiger partial charge in [0.2, 0.25) is 0 Å². The van der Waals surface area contributed by atoms with E-state index in [1.807, 2.05) is 20.8 Å². The summed E-state index contributed by atoms with van der Waals surface area (Å²) < 4.78 is 16.0. The van der Waals surface area contributed by atoms with E-state index < -0.39 is 5.60 Å². The maximum atomic E-state index is 12.0. The SMILES string of the molecule is COC1OC1C1CCCN(C(=O)OC(C)(C)C)C1. The Morgan fingerprint density at radius 1 is 1.39 bits per heavy atom. The molecule has 0 saturated carbocycles. The van der Waals surface area contributed by atoms with Crippen molar-refractivity contribution in [2.24, 2.45) is 5.92 Å². The molecular weight excluding hydrogens is 234 g/mol. The van der Waals surface area contributed by atoms with Crippen molar-refractivity contribution < 1.29 is 19.0 Å². The number of rotatable bonds is 2. The molecule has 3 atom stereocenters. The lowest BCUT2D eigenvalue weighted by molar-refractivity contribution is 0.0151. The van der Waals surface area contributed by atoms with Crippen LogP contribution in [0.15, 0.2) is 0 Å². The lowest BCUT2D eigenvalue weighted by Crippen LogP contribution is -2.44. The van der Waals surface area contributed by atoms with Gasteiger partial charge in [0.25, 0.3) is 0 Å². The number of nitrogens with zero attached hydrogens (tertiary/aromatic N) is 1. The first-order valence-electron chi connectivity index (χ1n) is 6.57. The third kappa shape index (κ3) is 3.36. The van der Waals surface area contributed by atoms with E-state index >= 15 is 0 Å². The number of epoxide rings is 1. The van der Waals surface area contributed by atoms with Gasteiger partial charge in [0, 0.05) is 26.1 Å². The molecule has 1 amide bonds. The minimum absolute atomic E-state index is 0.0754. The summed E-state index contributed by atoms with van der Waals surface area (Å²) in [6, 6.07) is 0. The molecule has 2 saturated heterocycles. The number of hydrogen-bond donors (Lipinski definition) is 0. The van der Waals surface area contributed by atoms with E-state index in [0.29, 0.717) is 12.5 Å². The van der Waals surface area contributed by atoms with Crippen LogP contribution in [0, 0.1) is 5.92 Å². The van der Waals surface area contributed by atoms with Crippen LogP contribution in [-0.2, 0) is 14.2 Å². The Kier molecular flexibility index (Phi) is 3.82. The minimum atomic E-state index is -0.435. The Morgan fingerprint density at radius 2 is 2.11 bits per heavy atom. The predicted molar refractivity (Wildman–Crippen MR) is 66.2 cm³/mol. The van der Waals surface area contributed by atoms with Gasteiger partial charge in [-0.2, -0.15) is 0 Å². The third-order valence-electron chi connectivity index (χ3n) is 3.29. The van der Waals surface area contributed by atoms with Gasteiger partial charge >= 0.3 is 6.09 Å². The molecule has 0 aliphatic carbocycles. The molecule has 0 aromatic heterocycles. The molecule has 0 aromatic rings. The average Bonchev–Trinajstić information content (AvgIpc) is 3.06. The Labute approximate surface area is 108 Å². The highest BCUT2D eigenvalue weighted by Crippen LogP contribution is 2.35. The second kappa shape index (κ2) is 5.05. The van der Waals surface area contributed by atoms with E-state index in [2.05, 4.69) is 0 Å². The van der Waals surface area contributed by atoms with Gasteiger partial charge in [-0.05, 0) is 33.6 Å². The number of carbonyl (C=O) groups excluding carboxylic acids is 1. The number of piperidine rings is 1. The van der Waals surface area contributed by atoms with E-state index in [1.54, 1.807) is 12.0 Å². The van der Waals surface area contributed by atoms with Crippen LogP contribution in [0.3, 0.4) is 0 Å². The second-order valence-electron chi connectivity index (χ2n) is 6.03. The zero-order chi connectivity index (χ0) is 13.3. The summed E-state index contributed by atoms with van der Waals surface area (Å²) in [5.41, 5.74) is -0.435. The minimum Gasteiger partial charge on any atom is -0.444 e. The van der Waals surface area contributed by atoms with Gasteiger partial charge in [0.15, 0.2) is 6.29 Å². The van der Waals surface area contributed by atoms with E-state index in [4.69, 9.17) is 14.2 Å². The molecule has 0 N–H and O–H groups in total. The molecule has 2 rings (SSSR count). The van der Waals surface area contributed by atoms with Crippen LogP contribution >= 0.6 is 0 Å². The van der Waals surface area contributed by atoms with E-state index in [9.17, 15) is 4.79 Å². The highest BCUT2D eigenvalue weighted by atomic mass is 16.8. The highest BCUT2D eigenvalue weighted by molar-refractivity contribution is 5.68. The summed E-state index contributed by atoms with van der Waals surface area (Å²) in [4.78, 5) is 13.8. The summed E-state index contributed by atoms with van der Waals surface area (Å²) in [6.07, 6.45) is 1.94. The fraction of sp³-hybridized carbons (Fsp3) is 0.923. The number of carbonyl (C=O) groups is 1. The van der Waals surface area contributed by atoms with Gasteiger partial charge in [0.05, 0.1) is 0 Å². The van der Waals surface area contributed by atoms with Crippen LogP contribution in [0.2, 0.25) is 0 Å². The Balaban J connectivity index is 1.85. The smallest absolute Gasteiger partial charge is 0.410 e. The molecule has 3 unspecified atom stereocenters. The Hall–Kier alpha value is -0.810. The number of methoxy groups -OCH3 is 1. The zero-order valence-corrected chi connectivity index (χ0v) is 11.6. The molecule has 104 valence electrons. The van der Waals surface area contributed by atoms with Crippen molar-refractivity contribution in [3.63, 3.8) is 0 Å². The molecule has 0 radical (unpaired) electrons. The monoisotopic (exact) mass is 257 g/mol. The van der Waals surface area contributed by atoms with Crippen molar-refractivity contribution in [3.8, 4) is 0 Å². The zero-order valence-electron chi connectivity index (χ0n) is 11.6. The molecule has 2 heterocycles. The molecule has 0 spiro atoms. The largest absolute Gasteiger partial charge is 0.444 e. The van der Waals surface area contributed by atoms with Gasteiger partial charge in [-0.1, -0.05) is 0 Å². The molecule has 0 aromatic carbocycles. The molecule has 2 aliphatic heterocycles. The van der Waals surface area contributed by atoms with Gasteiger partial charge < -0.3 is 19.1 Å². The Morgan fingerprint density at radius 3 is 2.67 bits per heavy atom. The first kappa shape index (κ1) is 13.6. The van der Waals surface area contributed by atoms with Crippen LogP contribution in [0.5, 0.6) is 0 Å². The van der Waals surface area contributed by atoms with Crippen molar-refractivity contribution in [1.82, 2.24) is 4.90 Å². The number of hydrogen-bond acceptors (Lipinski definition) is 4. The quantitative estimate of drug-likeness (QED) is 0.710.